The zero-order valence-corrected chi connectivity index (χ0v) is 9.94. The Morgan fingerprint density at radius 2 is 2.06 bits per heavy atom. The second-order valence-electron chi connectivity index (χ2n) is 3.73. The average Bonchev–Trinajstić information content (AvgIpc) is 2.39. The first-order chi connectivity index (χ1) is 8.24. The fourth-order valence-electron chi connectivity index (χ4n) is 1.74. The van der Waals surface area contributed by atoms with E-state index in [9.17, 15) is 9.59 Å². The zero-order valence-electron chi connectivity index (χ0n) is 9.19. The summed E-state index contributed by atoms with van der Waals surface area (Å²) in [5.74, 6) is -0.151. The maximum absolute atomic E-state index is 12.2. The lowest BCUT2D eigenvalue weighted by Crippen LogP contribution is -2.40. The Bertz CT molecular complexity index is 441. The maximum atomic E-state index is 12.2. The molecular weight excluding hydrogens is 242 g/mol. The number of hydrogen-bond donors (Lipinski definition) is 0. The topological polar surface area (TPSA) is 46.6 Å². The van der Waals surface area contributed by atoms with Crippen molar-refractivity contribution in [2.75, 3.05) is 26.3 Å². The van der Waals surface area contributed by atoms with Crippen LogP contribution < -0.4 is 0 Å². The Labute approximate surface area is 104 Å². The smallest absolute Gasteiger partial charge is 0.255 e. The largest absolute Gasteiger partial charge is 0.378 e. The van der Waals surface area contributed by atoms with Gasteiger partial charge in [0.2, 0.25) is 0 Å². The standard InChI is InChI=1S/C12H12ClNO3/c13-11-9(8-15)2-1-3-10(11)12(16)14-4-6-17-7-5-14/h1-3,8H,4-7H2. The monoisotopic (exact) mass is 253 g/mol. The minimum atomic E-state index is -0.151. The third-order valence-corrected chi connectivity index (χ3v) is 3.11. The average molecular weight is 254 g/mol. The summed E-state index contributed by atoms with van der Waals surface area (Å²) in [4.78, 5) is 24.6. The van der Waals surface area contributed by atoms with Crippen LogP contribution in [-0.4, -0.2) is 43.4 Å². The molecule has 0 aliphatic carbocycles. The summed E-state index contributed by atoms with van der Waals surface area (Å²) in [7, 11) is 0. The van der Waals surface area contributed by atoms with Crippen molar-refractivity contribution < 1.29 is 14.3 Å². The fraction of sp³-hybridized carbons (Fsp3) is 0.333. The van der Waals surface area contributed by atoms with E-state index in [0.29, 0.717) is 43.7 Å². The lowest BCUT2D eigenvalue weighted by atomic mass is 10.1. The van der Waals surface area contributed by atoms with Gasteiger partial charge >= 0.3 is 0 Å². The SMILES string of the molecule is O=Cc1cccc(C(=O)N2CCOCC2)c1Cl. The van der Waals surface area contributed by atoms with E-state index in [4.69, 9.17) is 16.3 Å². The van der Waals surface area contributed by atoms with Crippen LogP contribution in [0.3, 0.4) is 0 Å². The third-order valence-electron chi connectivity index (χ3n) is 2.68. The molecule has 5 heteroatoms. The number of carbonyl (C=O) groups is 2. The number of rotatable bonds is 2. The van der Waals surface area contributed by atoms with Crippen molar-refractivity contribution in [2.24, 2.45) is 0 Å². The predicted molar refractivity (Wildman–Crippen MR) is 63.6 cm³/mol. The molecule has 17 heavy (non-hydrogen) atoms. The number of carbonyl (C=O) groups excluding carboxylic acids is 2. The molecule has 1 aliphatic rings. The van der Waals surface area contributed by atoms with Gasteiger partial charge in [0.15, 0.2) is 6.29 Å². The summed E-state index contributed by atoms with van der Waals surface area (Å²) in [6.45, 7) is 2.19. The Balaban J connectivity index is 2.26. The Morgan fingerprint density at radius 3 is 2.71 bits per heavy atom. The van der Waals surface area contributed by atoms with Crippen molar-refractivity contribution in [3.63, 3.8) is 0 Å². The highest BCUT2D eigenvalue weighted by Crippen LogP contribution is 2.21. The molecule has 1 saturated heterocycles. The van der Waals surface area contributed by atoms with Crippen molar-refractivity contribution in [1.82, 2.24) is 4.90 Å². The van der Waals surface area contributed by atoms with E-state index in [2.05, 4.69) is 0 Å². The maximum Gasteiger partial charge on any atom is 0.255 e. The number of ether oxygens (including phenoxy) is 1. The molecule has 4 nitrogen and oxygen atoms in total. The molecule has 0 N–H and O–H groups in total. The first kappa shape index (κ1) is 12.1. The zero-order chi connectivity index (χ0) is 12.3. The first-order valence-electron chi connectivity index (χ1n) is 5.34. The summed E-state index contributed by atoms with van der Waals surface area (Å²) in [6.07, 6.45) is 0.651. The molecule has 1 fully saturated rings. The molecule has 1 amide bonds. The van der Waals surface area contributed by atoms with Crippen LogP contribution in [-0.2, 0) is 4.74 Å². The number of halogens is 1. The van der Waals surface area contributed by atoms with Crippen LogP contribution in [0.5, 0.6) is 0 Å². The summed E-state index contributed by atoms with van der Waals surface area (Å²) >= 11 is 6.01. The fourth-order valence-corrected chi connectivity index (χ4v) is 1.99. The van der Waals surface area contributed by atoms with Crippen LogP contribution in [0.4, 0.5) is 0 Å². The lowest BCUT2D eigenvalue weighted by Gasteiger charge is -2.27. The molecule has 0 atom stereocenters. The molecule has 0 aromatic heterocycles. The highest BCUT2D eigenvalue weighted by atomic mass is 35.5. The van der Waals surface area contributed by atoms with Gasteiger partial charge in [-0.15, -0.1) is 0 Å². The Hall–Kier alpha value is -1.39. The molecule has 2 rings (SSSR count). The quantitative estimate of drug-likeness (QED) is 0.753. The van der Waals surface area contributed by atoms with E-state index in [1.807, 2.05) is 0 Å². The van der Waals surface area contributed by atoms with E-state index in [-0.39, 0.29) is 10.9 Å². The second kappa shape index (κ2) is 5.29. The van der Waals surface area contributed by atoms with Crippen LogP contribution in [0.2, 0.25) is 5.02 Å². The van der Waals surface area contributed by atoms with Gasteiger partial charge in [0, 0.05) is 18.7 Å². The number of benzene rings is 1. The van der Waals surface area contributed by atoms with Crippen LogP contribution in [0.25, 0.3) is 0 Å². The minimum absolute atomic E-state index is 0.151. The van der Waals surface area contributed by atoms with E-state index in [0.717, 1.165) is 0 Å². The van der Waals surface area contributed by atoms with E-state index >= 15 is 0 Å². The normalized spacial score (nSPS) is 15.7. The Kier molecular flexibility index (Phi) is 3.76. The van der Waals surface area contributed by atoms with E-state index in [1.54, 1.807) is 23.1 Å². The van der Waals surface area contributed by atoms with Crippen molar-refractivity contribution in [3.05, 3.63) is 34.3 Å². The molecule has 1 aliphatic heterocycles. The molecule has 0 bridgehead atoms. The van der Waals surface area contributed by atoms with Gasteiger partial charge in [-0.3, -0.25) is 9.59 Å². The number of amides is 1. The van der Waals surface area contributed by atoms with Gasteiger partial charge in [-0.1, -0.05) is 23.7 Å². The van der Waals surface area contributed by atoms with Crippen LogP contribution in [0.1, 0.15) is 20.7 Å². The van der Waals surface area contributed by atoms with Gasteiger partial charge in [-0.25, -0.2) is 0 Å². The van der Waals surface area contributed by atoms with Gasteiger partial charge in [0.05, 0.1) is 23.8 Å². The number of nitrogens with zero attached hydrogens (tertiary/aromatic N) is 1. The summed E-state index contributed by atoms with van der Waals surface area (Å²) in [5.41, 5.74) is 0.712. The highest BCUT2D eigenvalue weighted by molar-refractivity contribution is 6.36. The van der Waals surface area contributed by atoms with Gasteiger partial charge in [0.25, 0.3) is 5.91 Å². The van der Waals surface area contributed by atoms with Crippen molar-refractivity contribution in [2.45, 2.75) is 0 Å². The molecule has 0 unspecified atom stereocenters. The Morgan fingerprint density at radius 1 is 1.35 bits per heavy atom. The number of hydrogen-bond acceptors (Lipinski definition) is 3. The second-order valence-corrected chi connectivity index (χ2v) is 4.11. The van der Waals surface area contributed by atoms with E-state index in [1.165, 1.54) is 0 Å². The van der Waals surface area contributed by atoms with Crippen LogP contribution >= 0.6 is 11.6 Å². The van der Waals surface area contributed by atoms with Gasteiger partial charge in [-0.2, -0.15) is 0 Å². The van der Waals surface area contributed by atoms with Crippen LogP contribution in [0.15, 0.2) is 18.2 Å². The van der Waals surface area contributed by atoms with Crippen molar-refractivity contribution in [1.29, 1.82) is 0 Å². The first-order valence-corrected chi connectivity index (χ1v) is 5.72. The van der Waals surface area contributed by atoms with Crippen molar-refractivity contribution >= 4 is 23.8 Å². The molecule has 90 valence electrons. The highest BCUT2D eigenvalue weighted by Gasteiger charge is 2.21. The third kappa shape index (κ3) is 2.48. The molecule has 0 spiro atoms. The molecule has 1 heterocycles. The summed E-state index contributed by atoms with van der Waals surface area (Å²) in [6, 6.07) is 4.88. The van der Waals surface area contributed by atoms with Crippen LogP contribution in [0, 0.1) is 0 Å². The minimum Gasteiger partial charge on any atom is -0.378 e. The molecule has 1 aromatic carbocycles. The number of aldehydes is 1. The summed E-state index contributed by atoms with van der Waals surface area (Å²) in [5, 5.41) is 0.221. The van der Waals surface area contributed by atoms with Gasteiger partial charge in [-0.05, 0) is 6.07 Å². The number of morpholine rings is 1. The van der Waals surface area contributed by atoms with E-state index < -0.39 is 0 Å². The molecule has 0 radical (unpaired) electrons. The molecular formula is C12H12ClNO3. The summed E-state index contributed by atoms with van der Waals surface area (Å²) < 4.78 is 5.18. The molecule has 1 aromatic rings. The van der Waals surface area contributed by atoms with Crippen molar-refractivity contribution in [3.8, 4) is 0 Å². The lowest BCUT2D eigenvalue weighted by molar-refractivity contribution is 0.0303. The predicted octanol–water partition coefficient (Wildman–Crippen LogP) is 1.62. The van der Waals surface area contributed by atoms with Gasteiger partial charge in [0.1, 0.15) is 0 Å². The molecule has 0 saturated carbocycles. The van der Waals surface area contributed by atoms with Gasteiger partial charge < -0.3 is 9.64 Å².